The van der Waals surface area contributed by atoms with E-state index in [9.17, 15) is 18.0 Å². The summed E-state index contributed by atoms with van der Waals surface area (Å²) in [6.07, 6.45) is 0.711. The Hall–Kier alpha value is -2.50. The van der Waals surface area contributed by atoms with Crippen molar-refractivity contribution in [3.63, 3.8) is 0 Å². The summed E-state index contributed by atoms with van der Waals surface area (Å²) < 4.78 is 44.1. The highest BCUT2D eigenvalue weighted by molar-refractivity contribution is 5.84. The van der Waals surface area contributed by atoms with Crippen molar-refractivity contribution in [1.82, 2.24) is 0 Å². The number of rotatable bonds is 3. The highest BCUT2D eigenvalue weighted by Gasteiger charge is 2.50. The lowest BCUT2D eigenvalue weighted by atomic mass is 9.56. The van der Waals surface area contributed by atoms with Gasteiger partial charge in [0.1, 0.15) is 6.10 Å². The first kappa shape index (κ1) is 19.8. The Morgan fingerprint density at radius 2 is 1.66 bits per heavy atom. The minimum atomic E-state index is -4.45. The fourth-order valence-corrected chi connectivity index (χ4v) is 4.73. The highest BCUT2D eigenvalue weighted by Crippen LogP contribution is 2.55. The molecule has 1 unspecified atom stereocenters. The van der Waals surface area contributed by atoms with E-state index in [1.165, 1.54) is 17.7 Å². The summed E-state index contributed by atoms with van der Waals surface area (Å²) in [5.74, 6) is 0.544. The Kier molecular flexibility index (Phi) is 5.28. The van der Waals surface area contributed by atoms with E-state index >= 15 is 0 Å². The average Bonchev–Trinajstić information content (AvgIpc) is 2.72. The molecule has 2 aromatic carbocycles. The van der Waals surface area contributed by atoms with Crippen LogP contribution in [0, 0.1) is 5.41 Å². The molecule has 1 amide bonds. The highest BCUT2D eigenvalue weighted by atomic mass is 19.4. The van der Waals surface area contributed by atoms with Gasteiger partial charge in [-0.05, 0) is 68.2 Å². The number of ether oxygens (including phenoxy) is 1. The lowest BCUT2D eigenvalue weighted by Crippen LogP contribution is -2.49. The molecule has 2 saturated carbocycles. The van der Waals surface area contributed by atoms with Crippen LogP contribution >= 0.6 is 0 Å². The summed E-state index contributed by atoms with van der Waals surface area (Å²) in [5, 5.41) is 2.45. The Labute approximate surface area is 168 Å². The van der Waals surface area contributed by atoms with Gasteiger partial charge in [-0.1, -0.05) is 36.4 Å². The zero-order valence-electron chi connectivity index (χ0n) is 16.0. The van der Waals surface area contributed by atoms with Gasteiger partial charge < -0.3 is 4.74 Å². The number of hydrogen-bond donors (Lipinski definition) is 1. The van der Waals surface area contributed by atoms with Gasteiger partial charge in [-0.15, -0.1) is 0 Å². The second kappa shape index (κ2) is 7.73. The molecule has 1 atom stereocenters. The summed E-state index contributed by atoms with van der Waals surface area (Å²) in [6.45, 7) is 0. The standard InChI is InChI=1S/C23H24F3NO2/c24-23(25,26)18-7-4-8-19(15-18)27-21(28)29-20-11-14-22(20)12-9-17(10-13-22)16-5-2-1-3-6-16/h1-8,15,17,20H,9-14H2,(H,27,28). The normalized spacial score (nSPS) is 26.6. The fourth-order valence-electron chi connectivity index (χ4n) is 4.73. The summed E-state index contributed by atoms with van der Waals surface area (Å²) in [5.41, 5.74) is 0.679. The molecule has 3 nitrogen and oxygen atoms in total. The minimum Gasteiger partial charge on any atom is -0.445 e. The maximum Gasteiger partial charge on any atom is 0.416 e. The molecule has 1 spiro atoms. The minimum absolute atomic E-state index is 0.0242. The maximum absolute atomic E-state index is 12.8. The fraction of sp³-hybridized carbons (Fsp3) is 0.435. The van der Waals surface area contributed by atoms with Crippen molar-refractivity contribution in [2.45, 2.75) is 56.7 Å². The molecule has 4 rings (SSSR count). The lowest BCUT2D eigenvalue weighted by Gasteiger charge is -2.52. The molecule has 0 heterocycles. The Morgan fingerprint density at radius 3 is 2.28 bits per heavy atom. The van der Waals surface area contributed by atoms with E-state index in [-0.39, 0.29) is 17.2 Å². The van der Waals surface area contributed by atoms with Gasteiger partial charge in [-0.25, -0.2) is 4.79 Å². The van der Waals surface area contributed by atoms with E-state index in [2.05, 4.69) is 29.6 Å². The summed E-state index contributed by atoms with van der Waals surface area (Å²) in [7, 11) is 0. The number of carbonyl (C=O) groups excluding carboxylic acids is 1. The molecule has 2 aliphatic rings. The van der Waals surface area contributed by atoms with Crippen LogP contribution < -0.4 is 5.32 Å². The Bertz CT molecular complexity index is 858. The number of amides is 1. The molecule has 2 fully saturated rings. The van der Waals surface area contributed by atoms with Crippen LogP contribution in [0.1, 0.15) is 55.6 Å². The quantitative estimate of drug-likeness (QED) is 0.615. The van der Waals surface area contributed by atoms with Gasteiger partial charge in [-0.3, -0.25) is 5.32 Å². The molecule has 0 aromatic heterocycles. The first-order chi connectivity index (χ1) is 13.9. The van der Waals surface area contributed by atoms with Crippen molar-refractivity contribution < 1.29 is 22.7 Å². The van der Waals surface area contributed by atoms with Crippen molar-refractivity contribution >= 4 is 11.8 Å². The van der Waals surface area contributed by atoms with Gasteiger partial charge >= 0.3 is 12.3 Å². The van der Waals surface area contributed by atoms with E-state index in [0.717, 1.165) is 50.7 Å². The maximum atomic E-state index is 12.8. The number of anilines is 1. The monoisotopic (exact) mass is 403 g/mol. The Balaban J connectivity index is 1.33. The first-order valence-corrected chi connectivity index (χ1v) is 10.1. The molecule has 29 heavy (non-hydrogen) atoms. The first-order valence-electron chi connectivity index (χ1n) is 10.1. The molecule has 154 valence electrons. The van der Waals surface area contributed by atoms with Gasteiger partial charge in [0.05, 0.1) is 5.56 Å². The van der Waals surface area contributed by atoms with E-state index in [4.69, 9.17) is 4.74 Å². The SMILES string of the molecule is O=C(Nc1cccc(C(F)(F)F)c1)OC1CCC12CCC(c1ccccc1)CC2. The van der Waals surface area contributed by atoms with Crippen LogP contribution in [-0.4, -0.2) is 12.2 Å². The molecule has 2 aromatic rings. The van der Waals surface area contributed by atoms with Crippen molar-refractivity contribution in [2.24, 2.45) is 5.41 Å². The Morgan fingerprint density at radius 1 is 0.966 bits per heavy atom. The van der Waals surface area contributed by atoms with Crippen LogP contribution in [0.15, 0.2) is 54.6 Å². The largest absolute Gasteiger partial charge is 0.445 e. The third-order valence-electron chi connectivity index (χ3n) is 6.53. The summed E-state index contributed by atoms with van der Waals surface area (Å²) >= 11 is 0. The summed E-state index contributed by atoms with van der Waals surface area (Å²) in [6, 6.07) is 15.1. The molecule has 6 heteroatoms. The third-order valence-corrected chi connectivity index (χ3v) is 6.53. The zero-order valence-corrected chi connectivity index (χ0v) is 16.0. The number of nitrogens with one attached hydrogen (secondary N) is 1. The van der Waals surface area contributed by atoms with Gasteiger partial charge in [0.25, 0.3) is 0 Å². The van der Waals surface area contributed by atoms with Crippen molar-refractivity contribution in [3.8, 4) is 0 Å². The third kappa shape index (κ3) is 4.26. The molecule has 0 bridgehead atoms. The number of hydrogen-bond acceptors (Lipinski definition) is 2. The van der Waals surface area contributed by atoms with Crippen LogP contribution in [0.4, 0.5) is 23.7 Å². The number of alkyl halides is 3. The predicted octanol–water partition coefficient (Wildman–Crippen LogP) is 6.76. The topological polar surface area (TPSA) is 38.3 Å². The zero-order chi connectivity index (χ0) is 20.5. The number of carbonyl (C=O) groups is 1. The lowest BCUT2D eigenvalue weighted by molar-refractivity contribution is -0.137. The van der Waals surface area contributed by atoms with Crippen LogP contribution in [0.5, 0.6) is 0 Å². The van der Waals surface area contributed by atoms with Crippen LogP contribution in [0.2, 0.25) is 0 Å². The van der Waals surface area contributed by atoms with Gasteiger partial charge in [0, 0.05) is 11.1 Å². The summed E-state index contributed by atoms with van der Waals surface area (Å²) in [4.78, 5) is 12.3. The molecular formula is C23H24F3NO2. The van der Waals surface area contributed by atoms with E-state index < -0.39 is 17.8 Å². The van der Waals surface area contributed by atoms with E-state index in [1.54, 1.807) is 0 Å². The van der Waals surface area contributed by atoms with Crippen molar-refractivity contribution in [1.29, 1.82) is 0 Å². The number of benzene rings is 2. The second-order valence-corrected chi connectivity index (χ2v) is 8.18. The molecule has 0 saturated heterocycles. The average molecular weight is 403 g/mol. The number of halogens is 3. The smallest absolute Gasteiger partial charge is 0.416 e. The van der Waals surface area contributed by atoms with Crippen molar-refractivity contribution in [2.75, 3.05) is 5.32 Å². The van der Waals surface area contributed by atoms with E-state index in [0.29, 0.717) is 5.92 Å². The van der Waals surface area contributed by atoms with Gasteiger partial charge in [-0.2, -0.15) is 13.2 Å². The molecule has 1 N–H and O–H groups in total. The molecule has 0 radical (unpaired) electrons. The van der Waals surface area contributed by atoms with Crippen LogP contribution in [0.25, 0.3) is 0 Å². The second-order valence-electron chi connectivity index (χ2n) is 8.18. The van der Waals surface area contributed by atoms with Crippen LogP contribution in [-0.2, 0) is 10.9 Å². The van der Waals surface area contributed by atoms with Crippen molar-refractivity contribution in [3.05, 3.63) is 65.7 Å². The van der Waals surface area contributed by atoms with E-state index in [1.807, 2.05) is 6.07 Å². The molecular weight excluding hydrogens is 379 g/mol. The van der Waals surface area contributed by atoms with Gasteiger partial charge in [0.2, 0.25) is 0 Å². The molecule has 2 aliphatic carbocycles. The van der Waals surface area contributed by atoms with Crippen LogP contribution in [0.3, 0.4) is 0 Å². The molecule has 0 aliphatic heterocycles. The van der Waals surface area contributed by atoms with Gasteiger partial charge in [0.15, 0.2) is 0 Å². The predicted molar refractivity (Wildman–Crippen MR) is 105 cm³/mol.